The zero-order valence-corrected chi connectivity index (χ0v) is 5.73. The Labute approximate surface area is 52.4 Å². The molecule has 3 fully saturated rings. The summed E-state index contributed by atoms with van der Waals surface area (Å²) in [4.78, 5) is 0. The van der Waals surface area contributed by atoms with Gasteiger partial charge >= 0.3 is 0 Å². The molecule has 0 saturated carbocycles. The van der Waals surface area contributed by atoms with Crippen molar-refractivity contribution < 1.29 is 0 Å². The molecule has 2 unspecified atom stereocenters. The molecule has 7 heavy (non-hydrogen) atoms. The summed E-state index contributed by atoms with van der Waals surface area (Å²) in [5.74, 6) is 2.86. The van der Waals surface area contributed by atoms with Crippen LogP contribution in [0.15, 0.2) is 0 Å². The van der Waals surface area contributed by atoms with Crippen LogP contribution in [0.1, 0.15) is 6.42 Å². The van der Waals surface area contributed by atoms with Gasteiger partial charge in [0.05, 0.1) is 0 Å². The van der Waals surface area contributed by atoms with Crippen LogP contribution in [-0.4, -0.2) is 22.0 Å². The normalized spacial score (nSPS) is 48.0. The summed E-state index contributed by atoms with van der Waals surface area (Å²) in [6.45, 7) is 0. The van der Waals surface area contributed by atoms with Gasteiger partial charge in [0.25, 0.3) is 0 Å². The van der Waals surface area contributed by atoms with Crippen molar-refractivity contribution in [2.24, 2.45) is 0 Å². The molecule has 3 saturated heterocycles. The molecule has 0 spiro atoms. The molecule has 0 aromatic heterocycles. The minimum absolute atomic E-state index is 1.06. The Balaban J connectivity index is 1.99. The molecular weight excluding hydrogens is 124 g/mol. The quantitative estimate of drug-likeness (QED) is 0.491. The standard InChI is InChI=1S/C5H8S2/c1-4-2-6-3-5(1)7-4/h4-5H,1-3H2. The van der Waals surface area contributed by atoms with Crippen molar-refractivity contribution in [3.8, 4) is 0 Å². The topological polar surface area (TPSA) is 0 Å². The fourth-order valence-corrected chi connectivity index (χ4v) is 4.11. The maximum absolute atomic E-state index is 2.19. The van der Waals surface area contributed by atoms with E-state index < -0.39 is 0 Å². The van der Waals surface area contributed by atoms with Crippen molar-refractivity contribution >= 4 is 23.5 Å². The van der Waals surface area contributed by atoms with Crippen LogP contribution >= 0.6 is 23.5 Å². The van der Waals surface area contributed by atoms with Gasteiger partial charge in [-0.1, -0.05) is 0 Å². The third-order valence-corrected chi connectivity index (χ3v) is 4.70. The molecule has 0 aromatic rings. The second-order valence-corrected chi connectivity index (χ2v) is 4.83. The molecule has 0 nitrogen and oxygen atoms in total. The van der Waals surface area contributed by atoms with Crippen molar-refractivity contribution in [3.05, 3.63) is 0 Å². The number of hydrogen-bond acceptors (Lipinski definition) is 2. The summed E-state index contributed by atoms with van der Waals surface area (Å²) in [6.07, 6.45) is 1.53. The highest BCUT2D eigenvalue weighted by Gasteiger charge is 2.33. The molecule has 3 heterocycles. The lowest BCUT2D eigenvalue weighted by Gasteiger charge is -2.39. The van der Waals surface area contributed by atoms with Crippen LogP contribution in [0, 0.1) is 0 Å². The Morgan fingerprint density at radius 3 is 1.86 bits per heavy atom. The van der Waals surface area contributed by atoms with Gasteiger partial charge in [-0.15, -0.1) is 0 Å². The predicted molar refractivity (Wildman–Crippen MR) is 37.1 cm³/mol. The van der Waals surface area contributed by atoms with Crippen LogP contribution in [0.2, 0.25) is 0 Å². The minimum atomic E-state index is 1.06. The number of thioether (sulfide) groups is 2. The van der Waals surface area contributed by atoms with Crippen molar-refractivity contribution in [3.63, 3.8) is 0 Å². The first kappa shape index (κ1) is 4.57. The van der Waals surface area contributed by atoms with Gasteiger partial charge in [-0.2, -0.15) is 23.5 Å². The van der Waals surface area contributed by atoms with E-state index in [1.165, 1.54) is 17.9 Å². The predicted octanol–water partition coefficient (Wildman–Crippen LogP) is 1.61. The second-order valence-electron chi connectivity index (χ2n) is 2.15. The zero-order valence-electron chi connectivity index (χ0n) is 4.09. The monoisotopic (exact) mass is 132 g/mol. The van der Waals surface area contributed by atoms with Crippen LogP contribution in [-0.2, 0) is 0 Å². The summed E-state index contributed by atoms with van der Waals surface area (Å²) in [5, 5.41) is 2.12. The van der Waals surface area contributed by atoms with E-state index in [2.05, 4.69) is 23.5 Å². The van der Waals surface area contributed by atoms with Gasteiger partial charge in [0, 0.05) is 22.0 Å². The molecule has 3 rings (SSSR count). The molecule has 3 aliphatic heterocycles. The lowest BCUT2D eigenvalue weighted by atomic mass is 10.2. The third kappa shape index (κ3) is 0.685. The molecule has 0 radical (unpaired) electrons. The molecule has 0 amide bonds. The van der Waals surface area contributed by atoms with Crippen molar-refractivity contribution in [2.75, 3.05) is 11.5 Å². The van der Waals surface area contributed by atoms with Crippen molar-refractivity contribution in [1.29, 1.82) is 0 Å². The van der Waals surface area contributed by atoms with Crippen LogP contribution in [0.5, 0.6) is 0 Å². The molecule has 3 aliphatic rings. The minimum Gasteiger partial charge on any atom is -0.160 e. The molecule has 40 valence electrons. The first-order valence-electron chi connectivity index (χ1n) is 2.68. The number of rotatable bonds is 0. The smallest absolute Gasteiger partial charge is 0.0152 e. The first-order chi connectivity index (χ1) is 3.45. The maximum atomic E-state index is 2.19. The van der Waals surface area contributed by atoms with E-state index in [0.717, 1.165) is 10.5 Å². The van der Waals surface area contributed by atoms with Gasteiger partial charge in [-0.3, -0.25) is 0 Å². The van der Waals surface area contributed by atoms with Crippen LogP contribution in [0.3, 0.4) is 0 Å². The van der Waals surface area contributed by atoms with E-state index in [0.29, 0.717) is 0 Å². The lowest BCUT2D eigenvalue weighted by molar-refractivity contribution is 0.733. The maximum Gasteiger partial charge on any atom is 0.0152 e. The largest absolute Gasteiger partial charge is 0.160 e. The van der Waals surface area contributed by atoms with E-state index in [-0.39, 0.29) is 0 Å². The van der Waals surface area contributed by atoms with E-state index in [1.807, 2.05) is 0 Å². The van der Waals surface area contributed by atoms with Gasteiger partial charge in [0.15, 0.2) is 0 Å². The Bertz CT molecular complexity index is 62.6. The van der Waals surface area contributed by atoms with Gasteiger partial charge in [0.2, 0.25) is 0 Å². The lowest BCUT2D eigenvalue weighted by Crippen LogP contribution is -2.35. The molecule has 2 bridgehead atoms. The van der Waals surface area contributed by atoms with Gasteiger partial charge in [-0.05, 0) is 6.42 Å². The van der Waals surface area contributed by atoms with Crippen LogP contribution in [0.4, 0.5) is 0 Å². The second kappa shape index (κ2) is 1.59. The Kier molecular flexibility index (Phi) is 1.04. The Morgan fingerprint density at radius 2 is 1.71 bits per heavy atom. The first-order valence-corrected chi connectivity index (χ1v) is 4.78. The van der Waals surface area contributed by atoms with Gasteiger partial charge in [-0.25, -0.2) is 0 Å². The van der Waals surface area contributed by atoms with E-state index in [1.54, 1.807) is 0 Å². The molecule has 2 atom stereocenters. The highest BCUT2D eigenvalue weighted by Crippen LogP contribution is 2.44. The third-order valence-electron chi connectivity index (χ3n) is 1.52. The number of hydrogen-bond donors (Lipinski definition) is 0. The summed E-state index contributed by atoms with van der Waals surface area (Å²) in [6, 6.07) is 0. The SMILES string of the molecule is C1SCC2CC1S2. The fraction of sp³-hybridized carbons (Fsp3) is 1.00. The van der Waals surface area contributed by atoms with Crippen LogP contribution < -0.4 is 0 Å². The number of fused-ring (bicyclic) bond motifs is 2. The average molecular weight is 132 g/mol. The van der Waals surface area contributed by atoms with E-state index in [4.69, 9.17) is 0 Å². The molecule has 2 heteroatoms. The molecule has 0 aromatic carbocycles. The highest BCUT2D eigenvalue weighted by molar-refractivity contribution is 8.08. The molecule has 0 aliphatic carbocycles. The Hall–Kier alpha value is 0.700. The Morgan fingerprint density at radius 1 is 1.14 bits per heavy atom. The summed E-state index contributed by atoms with van der Waals surface area (Å²) >= 11 is 4.33. The van der Waals surface area contributed by atoms with Crippen molar-refractivity contribution in [1.82, 2.24) is 0 Å². The molecular formula is C5H8S2. The average Bonchev–Trinajstić information content (AvgIpc) is 1.67. The van der Waals surface area contributed by atoms with E-state index in [9.17, 15) is 0 Å². The van der Waals surface area contributed by atoms with E-state index >= 15 is 0 Å². The van der Waals surface area contributed by atoms with Crippen molar-refractivity contribution in [2.45, 2.75) is 16.9 Å². The summed E-state index contributed by atoms with van der Waals surface area (Å²) in [5.41, 5.74) is 0. The highest BCUT2D eigenvalue weighted by atomic mass is 32.2. The van der Waals surface area contributed by atoms with Gasteiger partial charge in [0.1, 0.15) is 0 Å². The molecule has 0 N–H and O–H groups in total. The van der Waals surface area contributed by atoms with Crippen LogP contribution in [0.25, 0.3) is 0 Å². The summed E-state index contributed by atoms with van der Waals surface area (Å²) in [7, 11) is 0. The fourth-order valence-electron chi connectivity index (χ4n) is 1.10. The summed E-state index contributed by atoms with van der Waals surface area (Å²) < 4.78 is 0. The van der Waals surface area contributed by atoms with Gasteiger partial charge < -0.3 is 0 Å². The zero-order chi connectivity index (χ0) is 4.69.